The Morgan fingerprint density at radius 2 is 1.67 bits per heavy atom. The maximum atomic E-state index is 11.2. The maximum absolute atomic E-state index is 11.2. The van der Waals surface area contributed by atoms with Gasteiger partial charge in [-0.1, -0.05) is 0 Å². The van der Waals surface area contributed by atoms with Crippen LogP contribution in [0.15, 0.2) is 0 Å². The second-order valence-electron chi connectivity index (χ2n) is 5.65. The molecule has 0 aliphatic carbocycles. The van der Waals surface area contributed by atoms with Crippen molar-refractivity contribution in [1.29, 1.82) is 0 Å². The largest absolute Gasteiger partial charge is 0.465 e. The lowest BCUT2D eigenvalue weighted by Gasteiger charge is -2.45. The fourth-order valence-electron chi connectivity index (χ4n) is 2.27. The zero-order valence-electron chi connectivity index (χ0n) is 10.5. The Morgan fingerprint density at radius 1 is 1.27 bits per heavy atom. The van der Waals surface area contributed by atoms with Gasteiger partial charge in [0.2, 0.25) is 0 Å². The molecule has 0 saturated heterocycles. The molecule has 0 rings (SSSR count). The van der Waals surface area contributed by atoms with Crippen LogP contribution in [0, 0.1) is 0 Å². The number of rotatable bonds is 3. The van der Waals surface area contributed by atoms with Gasteiger partial charge >= 0.3 is 6.09 Å². The summed E-state index contributed by atoms with van der Waals surface area (Å²) < 4.78 is 0. The fourth-order valence-corrected chi connectivity index (χ4v) is 2.27. The lowest BCUT2D eigenvalue weighted by atomic mass is 9.90. The maximum Gasteiger partial charge on any atom is 0.408 e. The Morgan fingerprint density at radius 3 is 1.87 bits per heavy atom. The summed E-state index contributed by atoms with van der Waals surface area (Å²) in [5, 5.41) is 18.6. The highest BCUT2D eigenvalue weighted by atomic mass is 16.4. The number of amides is 1. The van der Waals surface area contributed by atoms with E-state index in [9.17, 15) is 15.0 Å². The number of hydrogen-bond acceptors (Lipinski definition) is 2. The van der Waals surface area contributed by atoms with Gasteiger partial charge in [0.05, 0.1) is 6.10 Å². The standard InChI is InChI=1S/C11H23NO3/c1-8(13)7-11(5,6)12(9(14)15)10(2,3)4/h8,13H,7H2,1-6H3,(H,14,15). The lowest BCUT2D eigenvalue weighted by Crippen LogP contribution is -2.57. The Kier molecular flexibility index (Phi) is 4.17. The third kappa shape index (κ3) is 4.08. The summed E-state index contributed by atoms with van der Waals surface area (Å²) in [6.07, 6.45) is -1.03. The second-order valence-corrected chi connectivity index (χ2v) is 5.65. The van der Waals surface area contributed by atoms with Gasteiger partial charge in [0.25, 0.3) is 0 Å². The molecule has 2 N–H and O–H groups in total. The molecule has 4 heteroatoms. The van der Waals surface area contributed by atoms with Crippen LogP contribution in [0.4, 0.5) is 4.79 Å². The monoisotopic (exact) mass is 217 g/mol. The topological polar surface area (TPSA) is 60.8 Å². The molecule has 0 aromatic heterocycles. The molecule has 1 amide bonds. The van der Waals surface area contributed by atoms with E-state index in [2.05, 4.69) is 0 Å². The van der Waals surface area contributed by atoms with E-state index in [4.69, 9.17) is 0 Å². The van der Waals surface area contributed by atoms with Gasteiger partial charge in [-0.25, -0.2) is 4.79 Å². The molecule has 0 aliphatic heterocycles. The number of carboxylic acid groups (broad SMARTS) is 1. The second kappa shape index (κ2) is 4.39. The summed E-state index contributed by atoms with van der Waals surface area (Å²) in [7, 11) is 0. The zero-order chi connectivity index (χ0) is 12.4. The van der Waals surface area contributed by atoms with Gasteiger partial charge in [-0.05, 0) is 48.0 Å². The molecule has 90 valence electrons. The molecular formula is C11H23NO3. The Balaban J connectivity index is 5.00. The summed E-state index contributed by atoms with van der Waals surface area (Å²) in [5.74, 6) is 0. The van der Waals surface area contributed by atoms with Crippen LogP contribution in [0.25, 0.3) is 0 Å². The highest BCUT2D eigenvalue weighted by Gasteiger charge is 2.39. The van der Waals surface area contributed by atoms with Crippen LogP contribution in [0.5, 0.6) is 0 Å². The summed E-state index contributed by atoms with van der Waals surface area (Å²) in [6.45, 7) is 10.9. The molecule has 0 aromatic carbocycles. The molecule has 0 heterocycles. The van der Waals surface area contributed by atoms with Gasteiger partial charge in [-0.15, -0.1) is 0 Å². The van der Waals surface area contributed by atoms with E-state index in [1.807, 2.05) is 34.6 Å². The van der Waals surface area contributed by atoms with Crippen molar-refractivity contribution in [1.82, 2.24) is 4.90 Å². The minimum Gasteiger partial charge on any atom is -0.465 e. The minimum atomic E-state index is -0.951. The molecule has 0 spiro atoms. The molecule has 0 bridgehead atoms. The number of nitrogens with zero attached hydrogens (tertiary/aromatic N) is 1. The molecule has 4 nitrogen and oxygen atoms in total. The van der Waals surface area contributed by atoms with E-state index < -0.39 is 23.3 Å². The molecule has 0 aromatic rings. The average molecular weight is 217 g/mol. The van der Waals surface area contributed by atoms with E-state index in [-0.39, 0.29) is 0 Å². The predicted octanol–water partition coefficient (Wildman–Crippen LogP) is 2.31. The number of hydrogen-bond donors (Lipinski definition) is 2. The van der Waals surface area contributed by atoms with Crippen molar-refractivity contribution in [3.8, 4) is 0 Å². The van der Waals surface area contributed by atoms with E-state index in [1.54, 1.807) is 6.92 Å². The Labute approximate surface area is 91.9 Å². The smallest absolute Gasteiger partial charge is 0.408 e. The summed E-state index contributed by atoms with van der Waals surface area (Å²) in [6, 6.07) is 0. The molecule has 0 saturated carbocycles. The number of aliphatic hydroxyl groups is 1. The van der Waals surface area contributed by atoms with Gasteiger partial charge in [-0.2, -0.15) is 0 Å². The number of aliphatic hydroxyl groups excluding tert-OH is 1. The van der Waals surface area contributed by atoms with Crippen molar-refractivity contribution in [2.75, 3.05) is 0 Å². The van der Waals surface area contributed by atoms with Crippen LogP contribution in [0.1, 0.15) is 48.0 Å². The fraction of sp³-hybridized carbons (Fsp3) is 0.909. The van der Waals surface area contributed by atoms with E-state index in [1.165, 1.54) is 4.90 Å². The van der Waals surface area contributed by atoms with Gasteiger partial charge in [-0.3, -0.25) is 4.90 Å². The predicted molar refractivity (Wildman–Crippen MR) is 60.0 cm³/mol. The van der Waals surface area contributed by atoms with E-state index >= 15 is 0 Å². The number of carbonyl (C=O) groups is 1. The van der Waals surface area contributed by atoms with Crippen molar-refractivity contribution < 1.29 is 15.0 Å². The van der Waals surface area contributed by atoms with Crippen molar-refractivity contribution in [2.24, 2.45) is 0 Å². The van der Waals surface area contributed by atoms with Crippen molar-refractivity contribution in [2.45, 2.75) is 65.1 Å². The lowest BCUT2D eigenvalue weighted by molar-refractivity contribution is 0.00863. The van der Waals surface area contributed by atoms with Crippen LogP contribution in [0.3, 0.4) is 0 Å². The minimum absolute atomic E-state index is 0.427. The van der Waals surface area contributed by atoms with Gasteiger partial charge in [0.1, 0.15) is 0 Å². The van der Waals surface area contributed by atoms with E-state index in [0.717, 1.165) is 0 Å². The normalized spacial score (nSPS) is 14.9. The summed E-state index contributed by atoms with van der Waals surface area (Å²) in [4.78, 5) is 12.6. The summed E-state index contributed by atoms with van der Waals surface area (Å²) >= 11 is 0. The SMILES string of the molecule is CC(O)CC(C)(C)N(C(=O)O)C(C)(C)C. The third-order valence-corrected chi connectivity index (χ3v) is 2.26. The first-order valence-corrected chi connectivity index (χ1v) is 5.20. The van der Waals surface area contributed by atoms with E-state index in [0.29, 0.717) is 6.42 Å². The summed E-state index contributed by atoms with van der Waals surface area (Å²) in [5.41, 5.74) is -1.04. The molecule has 1 unspecified atom stereocenters. The van der Waals surface area contributed by atoms with Gasteiger partial charge in [0.15, 0.2) is 0 Å². The van der Waals surface area contributed by atoms with Crippen LogP contribution in [-0.4, -0.2) is 38.4 Å². The molecular weight excluding hydrogens is 194 g/mol. The molecule has 1 atom stereocenters. The first-order valence-electron chi connectivity index (χ1n) is 5.20. The molecule has 0 fully saturated rings. The van der Waals surface area contributed by atoms with Crippen LogP contribution in [-0.2, 0) is 0 Å². The Hall–Kier alpha value is -0.770. The average Bonchev–Trinajstić information content (AvgIpc) is 1.74. The van der Waals surface area contributed by atoms with Gasteiger partial charge < -0.3 is 10.2 Å². The highest BCUT2D eigenvalue weighted by Crippen LogP contribution is 2.28. The molecule has 0 aliphatic rings. The zero-order valence-corrected chi connectivity index (χ0v) is 10.5. The van der Waals surface area contributed by atoms with Gasteiger partial charge in [0, 0.05) is 11.1 Å². The highest BCUT2D eigenvalue weighted by molar-refractivity contribution is 5.67. The van der Waals surface area contributed by atoms with Crippen molar-refractivity contribution >= 4 is 6.09 Å². The van der Waals surface area contributed by atoms with Crippen LogP contribution < -0.4 is 0 Å². The molecule has 0 radical (unpaired) electrons. The first-order chi connectivity index (χ1) is 6.48. The molecule has 15 heavy (non-hydrogen) atoms. The quantitative estimate of drug-likeness (QED) is 0.762. The Bertz CT molecular complexity index is 228. The van der Waals surface area contributed by atoms with Crippen LogP contribution >= 0.6 is 0 Å². The van der Waals surface area contributed by atoms with Crippen molar-refractivity contribution in [3.63, 3.8) is 0 Å². The van der Waals surface area contributed by atoms with Crippen molar-refractivity contribution in [3.05, 3.63) is 0 Å². The third-order valence-electron chi connectivity index (χ3n) is 2.26. The first kappa shape index (κ1) is 14.2. The van der Waals surface area contributed by atoms with Crippen LogP contribution in [0.2, 0.25) is 0 Å².